The summed E-state index contributed by atoms with van der Waals surface area (Å²) in [5.41, 5.74) is 4.03. The van der Waals surface area contributed by atoms with Gasteiger partial charge in [0.2, 0.25) is 0 Å². The van der Waals surface area contributed by atoms with Crippen LogP contribution in [0.5, 0.6) is 0 Å². The van der Waals surface area contributed by atoms with Crippen LogP contribution >= 0.6 is 21.6 Å². The first-order valence-electron chi connectivity index (χ1n) is 5.87. The first kappa shape index (κ1) is 18.3. The Morgan fingerprint density at radius 3 is 1.56 bits per heavy atom. The van der Waals surface area contributed by atoms with E-state index in [1.54, 1.807) is 0 Å². The molecular weight excluding hydrogens is 242 g/mol. The molecule has 0 radical (unpaired) electrons. The third-order valence-electron chi connectivity index (χ3n) is 1.75. The molecule has 0 aromatic heterocycles. The van der Waals surface area contributed by atoms with Gasteiger partial charge in [0.05, 0.1) is 0 Å². The number of nitrogens with two attached hydrogens (primary N) is 1. The van der Waals surface area contributed by atoms with Crippen LogP contribution in [0.3, 0.4) is 0 Å². The van der Waals surface area contributed by atoms with Gasteiger partial charge in [0.25, 0.3) is 0 Å². The molecule has 0 fully saturated rings. The highest BCUT2D eigenvalue weighted by molar-refractivity contribution is 8.76. The van der Waals surface area contributed by atoms with Crippen LogP contribution in [0.25, 0.3) is 0 Å². The Labute approximate surface area is 107 Å². The zero-order chi connectivity index (χ0) is 12.6. The van der Waals surface area contributed by atoms with Gasteiger partial charge in [0.15, 0.2) is 0 Å². The maximum Gasteiger partial charge on any atom is 0.402 e. The summed E-state index contributed by atoms with van der Waals surface area (Å²) < 4.78 is 0. The Bertz CT molecular complexity index is 132. The smallest absolute Gasteiger partial charge is 0.402 e. The van der Waals surface area contributed by atoms with Crippen LogP contribution in [-0.4, -0.2) is 22.7 Å². The minimum Gasteiger partial charge on any atom is -0.465 e. The first-order valence-corrected chi connectivity index (χ1v) is 8.36. The second kappa shape index (κ2) is 17.4. The maximum atomic E-state index is 8.78. The molecule has 1 amide bonds. The van der Waals surface area contributed by atoms with E-state index < -0.39 is 6.09 Å². The van der Waals surface area contributed by atoms with Crippen molar-refractivity contribution < 1.29 is 9.90 Å². The molecule has 3 nitrogen and oxygen atoms in total. The largest absolute Gasteiger partial charge is 0.465 e. The predicted octanol–water partition coefficient (Wildman–Crippen LogP) is 4.37. The lowest BCUT2D eigenvalue weighted by Gasteiger charge is -1.99. The predicted molar refractivity (Wildman–Crippen MR) is 76.2 cm³/mol. The van der Waals surface area contributed by atoms with Crippen LogP contribution in [0.15, 0.2) is 0 Å². The van der Waals surface area contributed by atoms with Crippen LogP contribution in [0.1, 0.15) is 52.4 Å². The zero-order valence-corrected chi connectivity index (χ0v) is 12.0. The number of amides is 1. The molecular formula is C11H25NO2S2. The summed E-state index contributed by atoms with van der Waals surface area (Å²) in [6.45, 7) is 4.53. The van der Waals surface area contributed by atoms with Gasteiger partial charge in [-0.25, -0.2) is 4.79 Å². The van der Waals surface area contributed by atoms with Gasteiger partial charge in [-0.05, 0) is 12.8 Å². The topological polar surface area (TPSA) is 63.3 Å². The standard InChI is InChI=1S/C10H22S2.CH3NO2/c1-3-5-7-9-11-12-10-8-6-4-2;2-1(3)4/h3-10H2,1-2H3;2H2,(H,3,4). The first-order chi connectivity index (χ1) is 7.65. The van der Waals surface area contributed by atoms with E-state index >= 15 is 0 Å². The minimum absolute atomic E-state index is 1.33. The molecule has 0 unspecified atom stereocenters. The van der Waals surface area contributed by atoms with Crippen molar-refractivity contribution in [2.24, 2.45) is 5.73 Å². The van der Waals surface area contributed by atoms with E-state index in [9.17, 15) is 0 Å². The second-order valence-corrected chi connectivity index (χ2v) is 6.10. The third kappa shape index (κ3) is 29.2. The van der Waals surface area contributed by atoms with Gasteiger partial charge in [-0.1, -0.05) is 61.1 Å². The van der Waals surface area contributed by atoms with Gasteiger partial charge in [-0.15, -0.1) is 0 Å². The number of hydrogen-bond acceptors (Lipinski definition) is 3. The van der Waals surface area contributed by atoms with Crippen molar-refractivity contribution in [3.63, 3.8) is 0 Å². The maximum absolute atomic E-state index is 8.78. The number of rotatable bonds is 9. The van der Waals surface area contributed by atoms with Crippen molar-refractivity contribution in [3.8, 4) is 0 Å². The SMILES string of the molecule is CCCCCSSCCCCC.NC(=O)O. The van der Waals surface area contributed by atoms with E-state index in [-0.39, 0.29) is 0 Å². The van der Waals surface area contributed by atoms with Gasteiger partial charge in [0, 0.05) is 11.5 Å². The molecule has 0 bridgehead atoms. The fourth-order valence-corrected chi connectivity index (χ4v) is 3.23. The van der Waals surface area contributed by atoms with E-state index in [4.69, 9.17) is 9.90 Å². The zero-order valence-electron chi connectivity index (χ0n) is 10.4. The lowest BCUT2D eigenvalue weighted by molar-refractivity contribution is 0.205. The molecule has 0 aliphatic rings. The van der Waals surface area contributed by atoms with Gasteiger partial charge >= 0.3 is 6.09 Å². The van der Waals surface area contributed by atoms with E-state index in [1.165, 1.54) is 50.0 Å². The van der Waals surface area contributed by atoms with Crippen LogP contribution in [0, 0.1) is 0 Å². The number of carboxylic acid groups (broad SMARTS) is 1. The summed E-state index contributed by atoms with van der Waals surface area (Å²) >= 11 is 0. The average molecular weight is 267 g/mol. The number of unbranched alkanes of at least 4 members (excludes halogenated alkanes) is 4. The van der Waals surface area contributed by atoms with E-state index in [0.717, 1.165) is 0 Å². The van der Waals surface area contributed by atoms with Gasteiger partial charge in [-0.3, -0.25) is 0 Å². The molecule has 0 atom stereocenters. The van der Waals surface area contributed by atoms with Crippen LogP contribution in [0.4, 0.5) is 4.79 Å². The molecule has 0 spiro atoms. The van der Waals surface area contributed by atoms with E-state index in [1.807, 2.05) is 0 Å². The van der Waals surface area contributed by atoms with Crippen LogP contribution in [0.2, 0.25) is 0 Å². The number of primary amides is 1. The highest BCUT2D eigenvalue weighted by Crippen LogP contribution is 2.23. The molecule has 0 aliphatic carbocycles. The number of carbonyl (C=O) groups is 1. The third-order valence-corrected chi connectivity index (χ3v) is 4.32. The van der Waals surface area contributed by atoms with Crippen LogP contribution in [-0.2, 0) is 0 Å². The molecule has 0 aliphatic heterocycles. The summed E-state index contributed by atoms with van der Waals surface area (Å²) in [7, 11) is 4.12. The van der Waals surface area contributed by atoms with Gasteiger partial charge in [0.1, 0.15) is 0 Å². The fourth-order valence-electron chi connectivity index (χ4n) is 0.940. The Morgan fingerprint density at radius 2 is 1.31 bits per heavy atom. The monoisotopic (exact) mass is 267 g/mol. The van der Waals surface area contributed by atoms with Crippen molar-refractivity contribution in [1.29, 1.82) is 0 Å². The summed E-state index contributed by atoms with van der Waals surface area (Å²) in [5, 5.41) is 7.19. The summed E-state index contributed by atoms with van der Waals surface area (Å²) in [5.74, 6) is 2.70. The highest BCUT2D eigenvalue weighted by atomic mass is 33.1. The van der Waals surface area contributed by atoms with Crippen LogP contribution < -0.4 is 5.73 Å². The quantitative estimate of drug-likeness (QED) is 0.481. The Morgan fingerprint density at radius 1 is 1.00 bits per heavy atom. The van der Waals surface area contributed by atoms with Crippen molar-refractivity contribution in [3.05, 3.63) is 0 Å². The lowest BCUT2D eigenvalue weighted by Crippen LogP contribution is -2.03. The molecule has 0 saturated carbocycles. The lowest BCUT2D eigenvalue weighted by atomic mass is 10.3. The average Bonchev–Trinajstić information content (AvgIpc) is 2.21. The van der Waals surface area contributed by atoms with Crippen molar-refractivity contribution in [2.75, 3.05) is 11.5 Å². The molecule has 0 saturated heterocycles. The highest BCUT2D eigenvalue weighted by Gasteiger charge is 1.90. The van der Waals surface area contributed by atoms with E-state index in [2.05, 4.69) is 41.2 Å². The fraction of sp³-hybridized carbons (Fsp3) is 0.909. The number of hydrogen-bond donors (Lipinski definition) is 2. The Kier molecular flexibility index (Phi) is 19.9. The molecule has 98 valence electrons. The molecule has 5 heteroatoms. The normalized spacial score (nSPS) is 9.38. The molecule has 0 aromatic carbocycles. The van der Waals surface area contributed by atoms with Gasteiger partial charge < -0.3 is 10.8 Å². The molecule has 16 heavy (non-hydrogen) atoms. The summed E-state index contributed by atoms with van der Waals surface area (Å²) in [6.07, 6.45) is 6.98. The Hall–Kier alpha value is -0.0300. The molecule has 3 N–H and O–H groups in total. The summed E-state index contributed by atoms with van der Waals surface area (Å²) in [4.78, 5) is 8.78. The van der Waals surface area contributed by atoms with E-state index in [0.29, 0.717) is 0 Å². The summed E-state index contributed by atoms with van der Waals surface area (Å²) in [6, 6.07) is 0. The van der Waals surface area contributed by atoms with Crippen molar-refractivity contribution in [2.45, 2.75) is 52.4 Å². The van der Waals surface area contributed by atoms with Crippen molar-refractivity contribution in [1.82, 2.24) is 0 Å². The second-order valence-electron chi connectivity index (χ2n) is 3.40. The van der Waals surface area contributed by atoms with Gasteiger partial charge in [-0.2, -0.15) is 0 Å². The molecule has 0 heterocycles. The molecule has 0 aromatic rings. The van der Waals surface area contributed by atoms with Crippen molar-refractivity contribution >= 4 is 27.7 Å². The minimum atomic E-state index is -1.33. The molecule has 0 rings (SSSR count). The Balaban J connectivity index is 0.